The van der Waals surface area contributed by atoms with Gasteiger partial charge in [-0.3, -0.25) is 0 Å². The molecule has 0 bridgehead atoms. The lowest BCUT2D eigenvalue weighted by Crippen LogP contribution is -2.03. The summed E-state index contributed by atoms with van der Waals surface area (Å²) in [6.07, 6.45) is 1.67. The molecule has 9 nitrogen and oxygen atoms in total. The van der Waals surface area contributed by atoms with Crippen molar-refractivity contribution in [3.8, 4) is 22.8 Å². The van der Waals surface area contributed by atoms with E-state index in [2.05, 4.69) is 20.3 Å². The Morgan fingerprint density at radius 2 is 1.64 bits per heavy atom. The first-order chi connectivity index (χ1) is 17.3. The molecule has 0 radical (unpaired) electrons. The van der Waals surface area contributed by atoms with Gasteiger partial charge in [-0.15, -0.1) is 0 Å². The van der Waals surface area contributed by atoms with E-state index in [-0.39, 0.29) is 5.56 Å². The number of carbonyl (C=O) groups is 1. The molecule has 0 fully saturated rings. The van der Waals surface area contributed by atoms with Crippen molar-refractivity contribution in [2.24, 2.45) is 7.05 Å². The molecule has 2 heterocycles. The van der Waals surface area contributed by atoms with Crippen LogP contribution in [0.25, 0.3) is 22.3 Å². The van der Waals surface area contributed by atoms with Crippen molar-refractivity contribution in [3.05, 3.63) is 83.7 Å². The normalized spacial score (nSPS) is 11.0. The minimum Gasteiger partial charge on any atom is -0.478 e. The summed E-state index contributed by atoms with van der Waals surface area (Å²) < 4.78 is 8.20. The van der Waals surface area contributed by atoms with Gasteiger partial charge in [0.25, 0.3) is 5.88 Å². The van der Waals surface area contributed by atoms with Gasteiger partial charge < -0.3 is 25.5 Å². The molecule has 36 heavy (non-hydrogen) atoms. The smallest absolute Gasteiger partial charge is 0.335 e. The first-order valence-corrected chi connectivity index (χ1v) is 11.2. The Balaban J connectivity index is 1.51. The van der Waals surface area contributed by atoms with Crippen LogP contribution in [0.5, 0.6) is 11.6 Å². The molecular weight excluding hydrogens is 456 g/mol. The second kappa shape index (κ2) is 9.03. The van der Waals surface area contributed by atoms with Crippen molar-refractivity contribution >= 4 is 34.5 Å². The van der Waals surface area contributed by atoms with Gasteiger partial charge in [-0.25, -0.2) is 9.78 Å². The number of nitrogen functional groups attached to an aromatic ring is 1. The molecule has 0 saturated heterocycles. The second-order valence-electron chi connectivity index (χ2n) is 8.55. The number of hydrogen-bond acceptors (Lipinski definition) is 7. The highest BCUT2D eigenvalue weighted by atomic mass is 16.5. The molecule has 4 N–H and O–H groups in total. The van der Waals surface area contributed by atoms with E-state index >= 15 is 0 Å². The minimum absolute atomic E-state index is 0.250. The molecule has 0 spiro atoms. The van der Waals surface area contributed by atoms with Crippen LogP contribution in [0, 0.1) is 13.8 Å². The summed E-state index contributed by atoms with van der Waals surface area (Å²) >= 11 is 0. The molecule has 9 heteroatoms. The topological polar surface area (TPSA) is 128 Å². The standard InChI is InChI=1S/C27H24N6O3/c1-15-12-19(17-4-6-18(7-5-17)26(34)35)13-16(2)23(15)36-25-22-24(29-14-33(22)3)31-27(32-25)30-21-10-8-20(28)9-11-21/h4-14H,28H2,1-3H3,(H,34,35)(H,30,31,32). The summed E-state index contributed by atoms with van der Waals surface area (Å²) in [5.74, 6) is 0.462. The van der Waals surface area contributed by atoms with Gasteiger partial charge >= 0.3 is 5.97 Å². The van der Waals surface area contributed by atoms with Crippen molar-refractivity contribution < 1.29 is 14.6 Å². The summed E-state index contributed by atoms with van der Waals surface area (Å²) in [7, 11) is 1.86. The van der Waals surface area contributed by atoms with Crippen molar-refractivity contribution in [2.75, 3.05) is 11.1 Å². The average Bonchev–Trinajstić information content (AvgIpc) is 3.23. The van der Waals surface area contributed by atoms with E-state index in [1.807, 2.05) is 49.7 Å². The molecule has 0 aliphatic carbocycles. The van der Waals surface area contributed by atoms with Gasteiger partial charge in [0.05, 0.1) is 11.9 Å². The van der Waals surface area contributed by atoms with Gasteiger partial charge in [-0.1, -0.05) is 12.1 Å². The highest BCUT2D eigenvalue weighted by molar-refractivity contribution is 5.88. The molecule has 5 rings (SSSR count). The number of imidazole rings is 1. The zero-order valence-corrected chi connectivity index (χ0v) is 20.0. The molecule has 2 aromatic heterocycles. The van der Waals surface area contributed by atoms with Crippen LogP contribution in [0.4, 0.5) is 17.3 Å². The molecular formula is C27H24N6O3. The number of rotatable bonds is 6. The van der Waals surface area contributed by atoms with Crippen LogP contribution in [-0.2, 0) is 7.05 Å². The quantitative estimate of drug-likeness (QED) is 0.273. The molecule has 0 atom stereocenters. The SMILES string of the molecule is Cc1cc(-c2ccc(C(=O)O)cc2)cc(C)c1Oc1nc(Nc2ccc(N)cc2)nc2ncn(C)c12. The van der Waals surface area contributed by atoms with Crippen LogP contribution in [0.1, 0.15) is 21.5 Å². The summed E-state index contributed by atoms with van der Waals surface area (Å²) in [6.45, 7) is 3.93. The number of hydrogen-bond donors (Lipinski definition) is 3. The molecule has 0 amide bonds. The second-order valence-corrected chi connectivity index (χ2v) is 8.55. The van der Waals surface area contributed by atoms with Gasteiger partial charge in [0.2, 0.25) is 5.95 Å². The maximum Gasteiger partial charge on any atom is 0.335 e. The third-order valence-corrected chi connectivity index (χ3v) is 5.83. The van der Waals surface area contributed by atoms with Crippen LogP contribution < -0.4 is 15.8 Å². The lowest BCUT2D eigenvalue weighted by molar-refractivity contribution is 0.0697. The number of carboxylic acids is 1. The predicted molar refractivity (Wildman–Crippen MR) is 139 cm³/mol. The third kappa shape index (κ3) is 4.41. The summed E-state index contributed by atoms with van der Waals surface area (Å²) in [5.41, 5.74) is 12.4. The number of nitrogens with zero attached hydrogens (tertiary/aromatic N) is 4. The Morgan fingerprint density at radius 3 is 2.28 bits per heavy atom. The van der Waals surface area contributed by atoms with Gasteiger partial charge in [-0.05, 0) is 84.6 Å². The van der Waals surface area contributed by atoms with Crippen LogP contribution in [0.3, 0.4) is 0 Å². The van der Waals surface area contributed by atoms with E-state index in [1.165, 1.54) is 0 Å². The zero-order valence-electron chi connectivity index (χ0n) is 20.0. The summed E-state index contributed by atoms with van der Waals surface area (Å²) in [6, 6.07) is 18.1. The fourth-order valence-corrected chi connectivity index (χ4v) is 4.02. The molecule has 0 aliphatic heterocycles. The Hall–Kier alpha value is -4.92. The van der Waals surface area contributed by atoms with Crippen molar-refractivity contribution in [2.45, 2.75) is 13.8 Å². The number of fused-ring (bicyclic) bond motifs is 1. The maximum atomic E-state index is 11.2. The minimum atomic E-state index is -0.950. The number of nitrogens with one attached hydrogen (secondary N) is 1. The highest BCUT2D eigenvalue weighted by Gasteiger charge is 2.17. The van der Waals surface area contributed by atoms with Crippen molar-refractivity contribution in [1.82, 2.24) is 19.5 Å². The fraction of sp³-hybridized carbons (Fsp3) is 0.111. The van der Waals surface area contributed by atoms with Crippen molar-refractivity contribution in [1.29, 1.82) is 0 Å². The number of anilines is 3. The van der Waals surface area contributed by atoms with Gasteiger partial charge in [0.1, 0.15) is 5.75 Å². The first kappa shape index (κ1) is 22.9. The largest absolute Gasteiger partial charge is 0.478 e. The number of aryl methyl sites for hydroxylation is 3. The summed E-state index contributed by atoms with van der Waals surface area (Å²) in [5, 5.41) is 12.3. The Labute approximate surface area is 207 Å². The lowest BCUT2D eigenvalue weighted by atomic mass is 9.99. The number of aromatic nitrogens is 4. The zero-order chi connectivity index (χ0) is 25.4. The van der Waals surface area contributed by atoms with E-state index in [4.69, 9.17) is 15.6 Å². The first-order valence-electron chi connectivity index (χ1n) is 11.2. The highest BCUT2D eigenvalue weighted by Crippen LogP contribution is 2.35. The van der Waals surface area contributed by atoms with E-state index in [9.17, 15) is 4.79 Å². The van der Waals surface area contributed by atoms with E-state index in [0.717, 1.165) is 27.9 Å². The fourth-order valence-electron chi connectivity index (χ4n) is 4.02. The number of carboxylic acid groups (broad SMARTS) is 1. The number of ether oxygens (including phenoxy) is 1. The van der Waals surface area contributed by atoms with Crippen LogP contribution in [0.2, 0.25) is 0 Å². The van der Waals surface area contributed by atoms with Gasteiger partial charge in [0.15, 0.2) is 11.2 Å². The van der Waals surface area contributed by atoms with Crippen LogP contribution in [0.15, 0.2) is 67.0 Å². The van der Waals surface area contributed by atoms with Crippen LogP contribution >= 0.6 is 0 Å². The average molecular weight is 481 g/mol. The van der Waals surface area contributed by atoms with E-state index in [0.29, 0.717) is 34.4 Å². The Kier molecular flexibility index (Phi) is 5.73. The Morgan fingerprint density at radius 1 is 0.972 bits per heavy atom. The summed E-state index contributed by atoms with van der Waals surface area (Å²) in [4.78, 5) is 24.7. The Bertz CT molecular complexity index is 1570. The molecule has 180 valence electrons. The maximum absolute atomic E-state index is 11.2. The molecule has 5 aromatic rings. The number of nitrogens with two attached hydrogens (primary N) is 1. The molecule has 0 unspecified atom stereocenters. The lowest BCUT2D eigenvalue weighted by Gasteiger charge is -2.15. The van der Waals surface area contributed by atoms with Crippen molar-refractivity contribution in [3.63, 3.8) is 0 Å². The third-order valence-electron chi connectivity index (χ3n) is 5.83. The molecule has 0 saturated carbocycles. The number of benzene rings is 3. The van der Waals surface area contributed by atoms with Gasteiger partial charge in [0, 0.05) is 18.4 Å². The van der Waals surface area contributed by atoms with E-state index < -0.39 is 5.97 Å². The molecule has 3 aromatic carbocycles. The molecule has 0 aliphatic rings. The predicted octanol–water partition coefficient (Wildman–Crippen LogP) is 5.46. The monoisotopic (exact) mass is 480 g/mol. The number of aromatic carboxylic acids is 1. The van der Waals surface area contributed by atoms with Gasteiger partial charge in [-0.2, -0.15) is 9.97 Å². The van der Waals surface area contributed by atoms with Crippen LogP contribution in [-0.4, -0.2) is 30.6 Å². The van der Waals surface area contributed by atoms with E-state index in [1.54, 1.807) is 42.7 Å².